The van der Waals surface area contributed by atoms with E-state index in [-0.39, 0.29) is 24.7 Å². The first-order valence-corrected chi connectivity index (χ1v) is 11.7. The van der Waals surface area contributed by atoms with Crippen LogP contribution in [0.1, 0.15) is 67.5 Å². The lowest BCUT2D eigenvalue weighted by Gasteiger charge is -2.28. The summed E-state index contributed by atoms with van der Waals surface area (Å²) in [7, 11) is 0. The van der Waals surface area contributed by atoms with Crippen LogP contribution in [0, 0.1) is 5.82 Å². The highest BCUT2D eigenvalue weighted by atomic mass is 19.1. The Morgan fingerprint density at radius 2 is 1.86 bits per heavy atom. The van der Waals surface area contributed by atoms with E-state index in [1.54, 1.807) is 19.1 Å². The van der Waals surface area contributed by atoms with Crippen LogP contribution in [0.3, 0.4) is 0 Å². The number of amides is 2. The highest BCUT2D eigenvalue weighted by molar-refractivity contribution is 5.91. The van der Waals surface area contributed by atoms with E-state index in [4.69, 9.17) is 0 Å². The summed E-state index contributed by atoms with van der Waals surface area (Å²) < 4.78 is 29.3. The van der Waals surface area contributed by atoms with Crippen molar-refractivity contribution < 1.29 is 18.4 Å². The van der Waals surface area contributed by atoms with Gasteiger partial charge in [-0.1, -0.05) is 56.3 Å². The topological polar surface area (TPSA) is 91.0 Å². The molecule has 1 aliphatic heterocycles. The standard InChI is InChI=1S/C26H29F2N5O2/c1-15(2)20-10-9-18(11-21(20)28)24(17-7-5-4-6-8-17)30-25(34)23-12-19(27)14-33(23)26(35)16(3)22-13-29-32-31-22/h4-11,13,15-16,19,23-24H,12,14H2,1-3H3,(H,30,34)(H,29,31,32). The third-order valence-corrected chi connectivity index (χ3v) is 6.48. The van der Waals surface area contributed by atoms with Crippen LogP contribution in [0.4, 0.5) is 8.78 Å². The number of carbonyl (C=O) groups is 2. The fourth-order valence-electron chi connectivity index (χ4n) is 4.51. The van der Waals surface area contributed by atoms with Gasteiger partial charge in [-0.3, -0.25) is 9.59 Å². The number of benzene rings is 2. The molecule has 35 heavy (non-hydrogen) atoms. The lowest BCUT2D eigenvalue weighted by Crippen LogP contribution is -2.48. The summed E-state index contributed by atoms with van der Waals surface area (Å²) in [5.74, 6) is -1.91. The number of hydrogen-bond donors (Lipinski definition) is 2. The van der Waals surface area contributed by atoms with Crippen molar-refractivity contribution in [2.45, 2.75) is 57.3 Å². The molecule has 4 atom stereocenters. The minimum Gasteiger partial charge on any atom is -0.343 e. The van der Waals surface area contributed by atoms with Gasteiger partial charge in [-0.15, -0.1) is 0 Å². The van der Waals surface area contributed by atoms with E-state index in [2.05, 4.69) is 20.7 Å². The minimum atomic E-state index is -1.32. The van der Waals surface area contributed by atoms with Crippen LogP contribution in [0.2, 0.25) is 0 Å². The molecule has 1 aliphatic rings. The highest BCUT2D eigenvalue weighted by Crippen LogP contribution is 2.29. The number of likely N-dealkylation sites (tertiary alicyclic amines) is 1. The summed E-state index contributed by atoms with van der Waals surface area (Å²) >= 11 is 0. The van der Waals surface area contributed by atoms with Crippen molar-refractivity contribution >= 4 is 11.8 Å². The number of alkyl halides is 1. The van der Waals surface area contributed by atoms with Crippen LogP contribution in [0.25, 0.3) is 0 Å². The largest absolute Gasteiger partial charge is 0.343 e. The van der Waals surface area contributed by atoms with Crippen molar-refractivity contribution in [2.24, 2.45) is 0 Å². The number of aromatic nitrogens is 3. The van der Waals surface area contributed by atoms with Crippen LogP contribution < -0.4 is 5.32 Å². The molecule has 3 aromatic rings. The van der Waals surface area contributed by atoms with Crippen molar-refractivity contribution in [3.8, 4) is 0 Å². The van der Waals surface area contributed by atoms with E-state index in [9.17, 15) is 18.4 Å². The third kappa shape index (κ3) is 5.23. The van der Waals surface area contributed by atoms with Crippen molar-refractivity contribution in [3.63, 3.8) is 0 Å². The van der Waals surface area contributed by atoms with Crippen molar-refractivity contribution in [2.75, 3.05) is 6.54 Å². The SMILES string of the molecule is CC(C)c1ccc(C(NC(=O)C2CC(F)CN2C(=O)C(C)c2cn[nH]n2)c2ccccc2)cc1F. The average molecular weight is 482 g/mol. The molecule has 4 unspecified atom stereocenters. The van der Waals surface area contributed by atoms with Gasteiger partial charge in [0, 0.05) is 6.42 Å². The van der Waals surface area contributed by atoms with Gasteiger partial charge in [-0.25, -0.2) is 8.78 Å². The second-order valence-corrected chi connectivity index (χ2v) is 9.24. The average Bonchev–Trinajstić information content (AvgIpc) is 3.52. The molecule has 2 heterocycles. The number of carbonyl (C=O) groups excluding carboxylic acids is 2. The zero-order chi connectivity index (χ0) is 25.1. The van der Waals surface area contributed by atoms with Gasteiger partial charge in [-0.05, 0) is 35.6 Å². The van der Waals surface area contributed by atoms with Crippen LogP contribution in [-0.2, 0) is 9.59 Å². The summed E-state index contributed by atoms with van der Waals surface area (Å²) in [6.07, 6.45) is 0.00402. The quantitative estimate of drug-likeness (QED) is 0.533. The monoisotopic (exact) mass is 481 g/mol. The number of H-pyrrole nitrogens is 1. The lowest BCUT2D eigenvalue weighted by molar-refractivity contribution is -0.139. The number of nitrogens with zero attached hydrogens (tertiary/aromatic N) is 3. The molecule has 2 aromatic carbocycles. The smallest absolute Gasteiger partial charge is 0.243 e. The van der Waals surface area contributed by atoms with E-state index in [0.717, 1.165) is 5.56 Å². The van der Waals surface area contributed by atoms with Crippen molar-refractivity contribution in [1.29, 1.82) is 0 Å². The maximum Gasteiger partial charge on any atom is 0.243 e. The van der Waals surface area contributed by atoms with Crippen LogP contribution in [0.15, 0.2) is 54.7 Å². The molecule has 1 saturated heterocycles. The first-order chi connectivity index (χ1) is 16.8. The molecule has 7 nitrogen and oxygen atoms in total. The van der Waals surface area contributed by atoms with Crippen LogP contribution in [-0.4, -0.2) is 50.9 Å². The first-order valence-electron chi connectivity index (χ1n) is 11.7. The number of aromatic amines is 1. The summed E-state index contributed by atoms with van der Waals surface area (Å²) in [4.78, 5) is 27.8. The molecule has 0 spiro atoms. The first kappa shape index (κ1) is 24.5. The molecule has 2 N–H and O–H groups in total. The molecule has 2 amide bonds. The lowest BCUT2D eigenvalue weighted by atomic mass is 9.94. The molecular formula is C26H29F2N5O2. The van der Waals surface area contributed by atoms with E-state index in [1.807, 2.05) is 44.2 Å². The Bertz CT molecular complexity index is 1170. The van der Waals surface area contributed by atoms with Crippen molar-refractivity contribution in [1.82, 2.24) is 25.6 Å². The molecule has 0 radical (unpaired) electrons. The number of nitrogens with one attached hydrogen (secondary N) is 2. The van der Waals surface area contributed by atoms with Gasteiger partial charge in [0.1, 0.15) is 18.0 Å². The third-order valence-electron chi connectivity index (χ3n) is 6.48. The molecule has 9 heteroatoms. The van der Waals surface area contributed by atoms with E-state index >= 15 is 0 Å². The second kappa shape index (κ2) is 10.3. The summed E-state index contributed by atoms with van der Waals surface area (Å²) in [5.41, 5.74) is 2.32. The summed E-state index contributed by atoms with van der Waals surface area (Å²) in [6.45, 7) is 5.29. The highest BCUT2D eigenvalue weighted by Gasteiger charge is 2.42. The minimum absolute atomic E-state index is 0.0140. The van der Waals surface area contributed by atoms with Gasteiger partial charge in [0.15, 0.2) is 0 Å². The molecule has 184 valence electrons. The zero-order valence-corrected chi connectivity index (χ0v) is 19.9. The molecule has 4 rings (SSSR count). The Morgan fingerprint density at radius 3 is 2.49 bits per heavy atom. The second-order valence-electron chi connectivity index (χ2n) is 9.24. The molecule has 0 bridgehead atoms. The molecule has 0 aliphatic carbocycles. The van der Waals surface area contributed by atoms with E-state index in [0.29, 0.717) is 16.8 Å². The van der Waals surface area contributed by atoms with Crippen molar-refractivity contribution in [3.05, 3.63) is 82.9 Å². The predicted molar refractivity (Wildman–Crippen MR) is 127 cm³/mol. The summed E-state index contributed by atoms with van der Waals surface area (Å²) in [5, 5.41) is 13.1. The normalized spacial score (nSPS) is 19.5. The van der Waals surface area contributed by atoms with Gasteiger partial charge < -0.3 is 10.2 Å². The maximum absolute atomic E-state index is 14.8. The molecular weight excluding hydrogens is 452 g/mol. The van der Waals surface area contributed by atoms with Gasteiger partial charge in [0.25, 0.3) is 0 Å². The Labute approximate surface area is 202 Å². The fourth-order valence-corrected chi connectivity index (χ4v) is 4.51. The van der Waals surface area contributed by atoms with Gasteiger partial charge >= 0.3 is 0 Å². The van der Waals surface area contributed by atoms with E-state index in [1.165, 1.54) is 17.2 Å². The Balaban J connectivity index is 1.61. The molecule has 1 aromatic heterocycles. The van der Waals surface area contributed by atoms with Gasteiger partial charge in [0.05, 0.1) is 30.4 Å². The molecule has 0 saturated carbocycles. The number of hydrogen-bond acceptors (Lipinski definition) is 4. The Morgan fingerprint density at radius 1 is 1.11 bits per heavy atom. The molecule has 1 fully saturated rings. The Hall–Kier alpha value is -3.62. The predicted octanol–water partition coefficient (Wildman–Crippen LogP) is 4.02. The number of rotatable bonds is 7. The number of halogens is 2. The fraction of sp³-hybridized carbons (Fsp3) is 0.385. The summed E-state index contributed by atoms with van der Waals surface area (Å²) in [6, 6.07) is 12.5. The van der Waals surface area contributed by atoms with Gasteiger partial charge in [-0.2, -0.15) is 15.4 Å². The van der Waals surface area contributed by atoms with E-state index < -0.39 is 36.0 Å². The zero-order valence-electron chi connectivity index (χ0n) is 19.9. The van der Waals surface area contributed by atoms with Crippen LogP contribution in [0.5, 0.6) is 0 Å². The van der Waals surface area contributed by atoms with Crippen LogP contribution >= 0.6 is 0 Å². The maximum atomic E-state index is 14.8. The van der Waals surface area contributed by atoms with Gasteiger partial charge in [0.2, 0.25) is 11.8 Å². The Kier molecular flexibility index (Phi) is 7.23.